The van der Waals surface area contributed by atoms with Gasteiger partial charge in [-0.15, -0.1) is 0 Å². The van der Waals surface area contributed by atoms with Gasteiger partial charge in [-0.2, -0.15) is 0 Å². The van der Waals surface area contributed by atoms with E-state index in [1.54, 1.807) is 48.4 Å². The first-order valence-corrected chi connectivity index (χ1v) is 9.99. The molecule has 3 atom stereocenters. The van der Waals surface area contributed by atoms with Crippen LogP contribution in [0, 0.1) is 10.1 Å². The molecule has 8 heteroatoms. The number of carbonyl (C=O) groups excluding carboxylic acids is 1. The number of fused-ring (bicyclic) bond motifs is 2. The lowest BCUT2D eigenvalue weighted by atomic mass is 9.79. The number of halogens is 1. The number of para-hydroxylation sites is 1. The van der Waals surface area contributed by atoms with Crippen molar-refractivity contribution in [1.82, 2.24) is 4.90 Å². The minimum atomic E-state index is -1.37. The molecule has 0 radical (unpaired) electrons. The molecular formula is C21H20BrN3O4. The van der Waals surface area contributed by atoms with Gasteiger partial charge < -0.3 is 10.1 Å². The zero-order valence-electron chi connectivity index (χ0n) is 15.8. The van der Waals surface area contributed by atoms with Gasteiger partial charge >= 0.3 is 0 Å². The second-order valence-electron chi connectivity index (χ2n) is 7.27. The van der Waals surface area contributed by atoms with Gasteiger partial charge in [-0.1, -0.05) is 46.8 Å². The number of likely N-dealkylation sites (tertiary alicyclic amines) is 1. The van der Waals surface area contributed by atoms with Crippen molar-refractivity contribution < 1.29 is 14.5 Å². The maximum absolute atomic E-state index is 13.2. The lowest BCUT2D eigenvalue weighted by Gasteiger charge is -2.30. The van der Waals surface area contributed by atoms with E-state index in [0.29, 0.717) is 29.1 Å². The summed E-state index contributed by atoms with van der Waals surface area (Å²) in [5.41, 5.74) is 0.585. The Bertz CT molecular complexity index is 1010. The van der Waals surface area contributed by atoms with Crippen LogP contribution in [0.5, 0.6) is 5.75 Å². The van der Waals surface area contributed by atoms with E-state index in [-0.39, 0.29) is 17.4 Å². The second kappa shape index (κ2) is 7.27. The van der Waals surface area contributed by atoms with Gasteiger partial charge in [0.1, 0.15) is 12.4 Å². The molecule has 2 heterocycles. The number of nitrogens with one attached hydrogen (secondary N) is 1. The van der Waals surface area contributed by atoms with Crippen molar-refractivity contribution in [3.05, 3.63) is 80.8 Å². The van der Waals surface area contributed by atoms with Crippen molar-refractivity contribution in [1.29, 1.82) is 0 Å². The highest BCUT2D eigenvalue weighted by atomic mass is 79.9. The van der Waals surface area contributed by atoms with Crippen molar-refractivity contribution in [2.45, 2.75) is 17.5 Å². The van der Waals surface area contributed by atoms with E-state index in [2.05, 4.69) is 27.8 Å². The molecule has 1 amide bonds. The van der Waals surface area contributed by atoms with E-state index in [0.717, 1.165) is 4.47 Å². The number of amides is 1. The normalized spacial score (nSPS) is 25.7. The number of benzene rings is 2. The van der Waals surface area contributed by atoms with Gasteiger partial charge in [-0.25, -0.2) is 0 Å². The Morgan fingerprint density at radius 3 is 2.90 bits per heavy atom. The van der Waals surface area contributed by atoms with Gasteiger partial charge in [-0.05, 0) is 31.3 Å². The molecule has 0 unspecified atom stereocenters. The summed E-state index contributed by atoms with van der Waals surface area (Å²) in [5, 5.41) is 15.2. The van der Waals surface area contributed by atoms with Gasteiger partial charge in [0.25, 0.3) is 11.9 Å². The lowest BCUT2D eigenvalue weighted by molar-refractivity contribution is -0.534. The predicted molar refractivity (Wildman–Crippen MR) is 113 cm³/mol. The molecule has 4 rings (SSSR count). The van der Waals surface area contributed by atoms with Gasteiger partial charge in [0.2, 0.25) is 0 Å². The Morgan fingerprint density at radius 1 is 1.41 bits per heavy atom. The highest BCUT2D eigenvalue weighted by Gasteiger charge is 2.68. The zero-order valence-corrected chi connectivity index (χ0v) is 17.4. The van der Waals surface area contributed by atoms with Crippen LogP contribution in [0.2, 0.25) is 0 Å². The van der Waals surface area contributed by atoms with Gasteiger partial charge in [0.15, 0.2) is 5.54 Å². The number of hydrogen-bond donors (Lipinski definition) is 1. The third-order valence-corrected chi connectivity index (χ3v) is 6.26. The molecule has 0 saturated carbocycles. The largest absolute Gasteiger partial charge is 0.489 e. The molecule has 150 valence electrons. The average Bonchev–Trinajstić information content (AvgIpc) is 3.16. The standard InChI is InChI=1S/C21H20BrN3O4/c1-3-10-29-18-9-8-13(22)11-14(18)15-12-24(2)21(19(15)25(27)28)16-6-4-5-7-17(16)23-20(21)26/h3-9,11,15,19H,1,10,12H2,2H3,(H,23,26)/t15-,19+,21-/m0/s1. The molecule has 1 fully saturated rings. The first-order valence-electron chi connectivity index (χ1n) is 9.20. The van der Waals surface area contributed by atoms with Gasteiger partial charge in [-0.3, -0.25) is 19.8 Å². The van der Waals surface area contributed by atoms with Crippen LogP contribution in [0.15, 0.2) is 59.6 Å². The summed E-state index contributed by atoms with van der Waals surface area (Å²) in [6, 6.07) is 11.5. The average molecular weight is 458 g/mol. The third kappa shape index (κ3) is 2.86. The smallest absolute Gasteiger partial charge is 0.256 e. The first-order chi connectivity index (χ1) is 13.9. The molecule has 2 aliphatic heterocycles. The van der Waals surface area contributed by atoms with Gasteiger partial charge in [0.05, 0.1) is 5.92 Å². The molecule has 2 aromatic carbocycles. The van der Waals surface area contributed by atoms with E-state index < -0.39 is 17.5 Å². The maximum atomic E-state index is 13.2. The van der Waals surface area contributed by atoms with Crippen LogP contribution in [-0.2, 0) is 10.3 Å². The number of anilines is 1. The number of hydrogen-bond acceptors (Lipinski definition) is 5. The van der Waals surface area contributed by atoms with Crippen LogP contribution < -0.4 is 10.1 Å². The van der Waals surface area contributed by atoms with Crippen LogP contribution >= 0.6 is 15.9 Å². The molecule has 1 N–H and O–H groups in total. The summed E-state index contributed by atoms with van der Waals surface area (Å²) < 4.78 is 6.58. The van der Waals surface area contributed by atoms with Crippen LogP contribution in [0.1, 0.15) is 17.0 Å². The Balaban J connectivity index is 1.89. The summed E-state index contributed by atoms with van der Waals surface area (Å²) >= 11 is 3.46. The fourth-order valence-electron chi connectivity index (χ4n) is 4.65. The van der Waals surface area contributed by atoms with Crippen molar-refractivity contribution >= 4 is 27.5 Å². The van der Waals surface area contributed by atoms with Gasteiger partial charge in [0, 0.05) is 32.8 Å². The Hall–Kier alpha value is -2.71. The Kier molecular flexibility index (Phi) is 4.92. The summed E-state index contributed by atoms with van der Waals surface area (Å²) in [6.45, 7) is 4.29. The fraction of sp³-hybridized carbons (Fsp3) is 0.286. The number of nitro groups is 1. The molecule has 1 spiro atoms. The van der Waals surface area contributed by atoms with Crippen molar-refractivity contribution in [2.75, 3.05) is 25.5 Å². The highest BCUT2D eigenvalue weighted by Crippen LogP contribution is 2.53. The fourth-order valence-corrected chi connectivity index (χ4v) is 5.03. The number of rotatable bonds is 5. The number of nitrogens with zero attached hydrogens (tertiary/aromatic N) is 2. The van der Waals surface area contributed by atoms with E-state index in [4.69, 9.17) is 4.74 Å². The third-order valence-electron chi connectivity index (χ3n) is 5.77. The number of likely N-dealkylation sites (N-methyl/N-ethyl adjacent to an activating group) is 1. The van der Waals surface area contributed by atoms with Crippen molar-refractivity contribution in [3.8, 4) is 5.75 Å². The summed E-state index contributed by atoms with van der Waals surface area (Å²) in [6.07, 6.45) is 1.62. The molecule has 0 bridgehead atoms. The van der Waals surface area contributed by atoms with Crippen LogP contribution in [0.25, 0.3) is 0 Å². The highest BCUT2D eigenvalue weighted by molar-refractivity contribution is 9.10. The van der Waals surface area contributed by atoms with E-state index in [9.17, 15) is 14.9 Å². The summed E-state index contributed by atoms with van der Waals surface area (Å²) in [4.78, 5) is 27.0. The van der Waals surface area contributed by atoms with Crippen molar-refractivity contribution in [3.63, 3.8) is 0 Å². The van der Waals surface area contributed by atoms with Crippen molar-refractivity contribution in [2.24, 2.45) is 0 Å². The quantitative estimate of drug-likeness (QED) is 0.421. The summed E-state index contributed by atoms with van der Waals surface area (Å²) in [7, 11) is 1.76. The first kappa shape index (κ1) is 19.6. The molecule has 2 aromatic rings. The van der Waals surface area contributed by atoms with E-state index in [1.807, 2.05) is 12.1 Å². The molecule has 0 aliphatic carbocycles. The molecule has 29 heavy (non-hydrogen) atoms. The SMILES string of the molecule is C=CCOc1ccc(Br)cc1[C@@H]1CN(C)[C@]2(C(=O)Nc3ccccc32)[C@@H]1[N+](=O)[O-]. The van der Waals surface area contributed by atoms with E-state index >= 15 is 0 Å². The molecule has 1 saturated heterocycles. The molecule has 0 aromatic heterocycles. The Labute approximate surface area is 176 Å². The Morgan fingerprint density at radius 2 is 2.17 bits per heavy atom. The zero-order chi connectivity index (χ0) is 20.8. The monoisotopic (exact) mass is 457 g/mol. The predicted octanol–water partition coefficient (Wildman–Crippen LogP) is 3.54. The van der Waals surface area contributed by atoms with E-state index in [1.165, 1.54) is 0 Å². The molecular weight excluding hydrogens is 438 g/mol. The lowest BCUT2D eigenvalue weighted by Crippen LogP contribution is -2.54. The number of ether oxygens (including phenoxy) is 1. The van der Waals surface area contributed by atoms with Crippen LogP contribution in [0.3, 0.4) is 0 Å². The molecule has 7 nitrogen and oxygen atoms in total. The number of carbonyl (C=O) groups is 1. The van der Waals surface area contributed by atoms with Crippen LogP contribution in [0.4, 0.5) is 5.69 Å². The van der Waals surface area contributed by atoms with Crippen LogP contribution in [-0.4, -0.2) is 42.0 Å². The maximum Gasteiger partial charge on any atom is 0.256 e. The molecule has 2 aliphatic rings. The second-order valence-corrected chi connectivity index (χ2v) is 8.18. The summed E-state index contributed by atoms with van der Waals surface area (Å²) in [5.74, 6) is -0.347. The topological polar surface area (TPSA) is 84.7 Å². The minimum Gasteiger partial charge on any atom is -0.489 e. The minimum absolute atomic E-state index is 0.286.